The minimum atomic E-state index is -0.530. The molecular weight excluding hydrogens is 218 g/mol. The van der Waals surface area contributed by atoms with E-state index in [0.717, 1.165) is 5.56 Å². The summed E-state index contributed by atoms with van der Waals surface area (Å²) in [6.45, 7) is 3.48. The summed E-state index contributed by atoms with van der Waals surface area (Å²) in [6.07, 6.45) is 0. The van der Waals surface area contributed by atoms with Crippen molar-refractivity contribution in [1.82, 2.24) is 0 Å². The summed E-state index contributed by atoms with van der Waals surface area (Å²) in [4.78, 5) is 0. The van der Waals surface area contributed by atoms with Gasteiger partial charge >= 0.3 is 0 Å². The molecule has 0 aliphatic rings. The highest BCUT2D eigenvalue weighted by Gasteiger charge is 2.23. The first-order valence-corrected chi connectivity index (χ1v) is 5.77. The van der Waals surface area contributed by atoms with Crippen molar-refractivity contribution in [3.8, 4) is 0 Å². The predicted octanol–water partition coefficient (Wildman–Crippen LogP) is 0.929. The third-order valence-electron chi connectivity index (χ3n) is 2.49. The highest BCUT2D eigenvalue weighted by Crippen LogP contribution is 2.10. The number of aliphatic hydroxyl groups is 1. The lowest BCUT2D eigenvalue weighted by Gasteiger charge is -2.27. The van der Waals surface area contributed by atoms with E-state index in [1.165, 1.54) is 0 Å². The Morgan fingerprint density at radius 3 is 2.59 bits per heavy atom. The number of benzene rings is 1. The molecule has 0 saturated carbocycles. The molecule has 0 radical (unpaired) electrons. The van der Waals surface area contributed by atoms with E-state index in [-0.39, 0.29) is 13.2 Å². The van der Waals surface area contributed by atoms with Crippen LogP contribution >= 0.6 is 0 Å². The highest BCUT2D eigenvalue weighted by atomic mass is 16.5. The average molecular weight is 239 g/mol. The second-order valence-corrected chi connectivity index (χ2v) is 4.20. The van der Waals surface area contributed by atoms with Crippen molar-refractivity contribution in [3.05, 3.63) is 35.9 Å². The first-order chi connectivity index (χ1) is 8.20. The van der Waals surface area contributed by atoms with Crippen LogP contribution < -0.4 is 5.73 Å². The zero-order chi connectivity index (χ0) is 12.6. The Morgan fingerprint density at radius 2 is 2.00 bits per heavy atom. The van der Waals surface area contributed by atoms with Crippen LogP contribution in [0.5, 0.6) is 0 Å². The van der Waals surface area contributed by atoms with Crippen molar-refractivity contribution < 1.29 is 14.6 Å². The molecule has 0 aliphatic heterocycles. The van der Waals surface area contributed by atoms with Crippen LogP contribution in [0.1, 0.15) is 12.5 Å². The first kappa shape index (κ1) is 14.1. The van der Waals surface area contributed by atoms with Gasteiger partial charge in [-0.2, -0.15) is 0 Å². The van der Waals surface area contributed by atoms with Gasteiger partial charge in [0.25, 0.3) is 0 Å². The average Bonchev–Trinajstić information content (AvgIpc) is 2.38. The highest BCUT2D eigenvalue weighted by molar-refractivity contribution is 5.13. The van der Waals surface area contributed by atoms with E-state index in [1.807, 2.05) is 37.3 Å². The van der Waals surface area contributed by atoms with Crippen LogP contribution in [-0.4, -0.2) is 37.1 Å². The number of hydrogen-bond donors (Lipinski definition) is 2. The van der Waals surface area contributed by atoms with Crippen molar-refractivity contribution in [2.24, 2.45) is 5.73 Å². The molecule has 0 fully saturated rings. The molecule has 4 nitrogen and oxygen atoms in total. The van der Waals surface area contributed by atoms with Gasteiger partial charge in [0.2, 0.25) is 0 Å². The van der Waals surface area contributed by atoms with Crippen LogP contribution in [0.2, 0.25) is 0 Å². The number of ether oxygens (including phenoxy) is 2. The summed E-state index contributed by atoms with van der Waals surface area (Å²) < 4.78 is 11.1. The Hall–Kier alpha value is -0.940. The fourth-order valence-electron chi connectivity index (χ4n) is 1.41. The zero-order valence-electron chi connectivity index (χ0n) is 10.3. The summed E-state index contributed by atoms with van der Waals surface area (Å²) in [6, 6.07) is 9.94. The molecule has 1 unspecified atom stereocenters. The number of hydrogen-bond acceptors (Lipinski definition) is 4. The van der Waals surface area contributed by atoms with Crippen molar-refractivity contribution >= 4 is 0 Å². The van der Waals surface area contributed by atoms with Crippen LogP contribution in [0.4, 0.5) is 0 Å². The molecule has 96 valence electrons. The maximum atomic E-state index is 8.72. The molecule has 0 heterocycles. The Kier molecular flexibility index (Phi) is 6.15. The smallest absolute Gasteiger partial charge is 0.101 e. The molecule has 17 heavy (non-hydrogen) atoms. The third kappa shape index (κ3) is 5.28. The van der Waals surface area contributed by atoms with Crippen molar-refractivity contribution in [3.63, 3.8) is 0 Å². The zero-order valence-corrected chi connectivity index (χ0v) is 10.3. The molecule has 1 atom stereocenters. The molecule has 0 aliphatic carbocycles. The lowest BCUT2D eigenvalue weighted by Crippen LogP contribution is -2.42. The lowest BCUT2D eigenvalue weighted by molar-refractivity contribution is -0.0919. The molecule has 4 heteroatoms. The SMILES string of the molecule is CC(CN)(COCc1ccccc1)OCCO. The predicted molar refractivity (Wildman–Crippen MR) is 66.6 cm³/mol. The quantitative estimate of drug-likeness (QED) is 0.708. The molecule has 0 bridgehead atoms. The van der Waals surface area contributed by atoms with E-state index in [4.69, 9.17) is 20.3 Å². The normalized spacial score (nSPS) is 14.5. The maximum Gasteiger partial charge on any atom is 0.101 e. The van der Waals surface area contributed by atoms with Crippen LogP contribution in [0.25, 0.3) is 0 Å². The van der Waals surface area contributed by atoms with Gasteiger partial charge in [-0.3, -0.25) is 0 Å². The minimum Gasteiger partial charge on any atom is -0.394 e. The van der Waals surface area contributed by atoms with Gasteiger partial charge in [-0.25, -0.2) is 0 Å². The summed E-state index contributed by atoms with van der Waals surface area (Å²) in [5.41, 5.74) is 6.23. The number of aliphatic hydroxyl groups excluding tert-OH is 1. The second kappa shape index (κ2) is 7.40. The Bertz CT molecular complexity index is 305. The Morgan fingerprint density at radius 1 is 1.29 bits per heavy atom. The van der Waals surface area contributed by atoms with E-state index in [1.54, 1.807) is 0 Å². The molecule has 1 aromatic rings. The van der Waals surface area contributed by atoms with E-state index in [9.17, 15) is 0 Å². The van der Waals surface area contributed by atoms with Crippen LogP contribution in [0, 0.1) is 0 Å². The van der Waals surface area contributed by atoms with Gasteiger partial charge in [0.05, 0.1) is 26.4 Å². The van der Waals surface area contributed by atoms with Crippen LogP contribution in [0.3, 0.4) is 0 Å². The van der Waals surface area contributed by atoms with Crippen LogP contribution in [0.15, 0.2) is 30.3 Å². The van der Waals surface area contributed by atoms with Gasteiger partial charge in [0.15, 0.2) is 0 Å². The molecule has 3 N–H and O–H groups in total. The molecule has 1 rings (SSSR count). The second-order valence-electron chi connectivity index (χ2n) is 4.20. The molecule has 0 spiro atoms. The van der Waals surface area contributed by atoms with Gasteiger partial charge in [0.1, 0.15) is 5.60 Å². The largest absolute Gasteiger partial charge is 0.394 e. The lowest BCUT2D eigenvalue weighted by atomic mass is 10.1. The molecule has 1 aromatic carbocycles. The van der Waals surface area contributed by atoms with E-state index in [0.29, 0.717) is 19.8 Å². The molecule has 0 aromatic heterocycles. The first-order valence-electron chi connectivity index (χ1n) is 5.77. The summed E-state index contributed by atoms with van der Waals surface area (Å²) in [7, 11) is 0. The molecule has 0 amide bonds. The number of rotatable bonds is 8. The van der Waals surface area contributed by atoms with Gasteiger partial charge in [-0.05, 0) is 12.5 Å². The topological polar surface area (TPSA) is 64.7 Å². The number of nitrogens with two attached hydrogens (primary N) is 1. The standard InChI is InChI=1S/C13H21NO3/c1-13(10-14,17-8-7-15)11-16-9-12-5-3-2-4-6-12/h2-6,15H,7-11,14H2,1H3. The van der Waals surface area contributed by atoms with Crippen molar-refractivity contribution in [1.29, 1.82) is 0 Å². The fraction of sp³-hybridized carbons (Fsp3) is 0.538. The third-order valence-corrected chi connectivity index (χ3v) is 2.49. The van der Waals surface area contributed by atoms with Gasteiger partial charge < -0.3 is 20.3 Å². The summed E-state index contributed by atoms with van der Waals surface area (Å²) in [5.74, 6) is 0. The summed E-state index contributed by atoms with van der Waals surface area (Å²) in [5, 5.41) is 8.72. The van der Waals surface area contributed by atoms with Crippen molar-refractivity contribution in [2.75, 3.05) is 26.4 Å². The minimum absolute atomic E-state index is 0.00568. The Labute approximate surface area is 102 Å². The summed E-state index contributed by atoms with van der Waals surface area (Å²) >= 11 is 0. The Balaban J connectivity index is 2.32. The van der Waals surface area contributed by atoms with Crippen molar-refractivity contribution in [2.45, 2.75) is 19.1 Å². The van der Waals surface area contributed by atoms with Gasteiger partial charge in [0, 0.05) is 6.54 Å². The molecule has 0 saturated heterocycles. The van der Waals surface area contributed by atoms with E-state index < -0.39 is 5.60 Å². The van der Waals surface area contributed by atoms with Crippen LogP contribution in [-0.2, 0) is 16.1 Å². The van der Waals surface area contributed by atoms with E-state index in [2.05, 4.69) is 0 Å². The molecular formula is C13H21NO3. The van der Waals surface area contributed by atoms with Gasteiger partial charge in [-0.15, -0.1) is 0 Å². The van der Waals surface area contributed by atoms with E-state index >= 15 is 0 Å². The fourth-order valence-corrected chi connectivity index (χ4v) is 1.41. The maximum absolute atomic E-state index is 8.72. The monoisotopic (exact) mass is 239 g/mol. The van der Waals surface area contributed by atoms with Gasteiger partial charge in [-0.1, -0.05) is 30.3 Å².